The summed E-state index contributed by atoms with van der Waals surface area (Å²) < 4.78 is 14.0. The molecule has 0 saturated heterocycles. The van der Waals surface area contributed by atoms with Gasteiger partial charge in [0.05, 0.1) is 29.7 Å². The second kappa shape index (κ2) is 11.6. The second-order valence-corrected chi connectivity index (χ2v) is 9.75. The van der Waals surface area contributed by atoms with Gasteiger partial charge >= 0.3 is 0 Å². The van der Waals surface area contributed by atoms with Crippen molar-refractivity contribution in [1.29, 1.82) is 0 Å². The number of ether oxygens (including phenoxy) is 2. The first kappa shape index (κ1) is 24.5. The summed E-state index contributed by atoms with van der Waals surface area (Å²) in [6, 6.07) is 19.9. The fraction of sp³-hybridized carbons (Fsp3) is 0.464. The lowest BCUT2D eigenvalue weighted by molar-refractivity contribution is 0.00609. The molecule has 0 aliphatic heterocycles. The zero-order chi connectivity index (χ0) is 23.9. The van der Waals surface area contributed by atoms with Gasteiger partial charge in [-0.25, -0.2) is 4.68 Å². The van der Waals surface area contributed by atoms with Gasteiger partial charge in [0.1, 0.15) is 5.75 Å². The number of aryl methyl sites for hydroxylation is 1. The number of benzene rings is 2. The highest BCUT2D eigenvalue weighted by Crippen LogP contribution is 2.34. The van der Waals surface area contributed by atoms with Crippen molar-refractivity contribution < 1.29 is 14.6 Å². The molecule has 34 heavy (non-hydrogen) atoms. The summed E-state index contributed by atoms with van der Waals surface area (Å²) in [5, 5.41) is 15.5. The molecule has 1 aliphatic carbocycles. The van der Waals surface area contributed by atoms with Crippen LogP contribution in [0, 0.1) is 18.8 Å². The molecule has 2 aromatic carbocycles. The fourth-order valence-corrected chi connectivity index (χ4v) is 4.05. The molecule has 4 rings (SSSR count). The maximum absolute atomic E-state index is 10.7. The summed E-state index contributed by atoms with van der Waals surface area (Å²) in [5.74, 6) is 2.66. The third kappa shape index (κ3) is 6.92. The maximum atomic E-state index is 10.7. The largest absolute Gasteiger partial charge is 0.439 e. The molecule has 1 aliphatic rings. The number of aromatic nitrogens is 2. The van der Waals surface area contributed by atoms with Crippen LogP contribution in [-0.4, -0.2) is 52.2 Å². The van der Waals surface area contributed by atoms with Crippen molar-refractivity contribution in [2.24, 2.45) is 11.8 Å². The van der Waals surface area contributed by atoms with Gasteiger partial charge in [0.15, 0.2) is 0 Å². The number of aliphatic hydroxyl groups is 1. The van der Waals surface area contributed by atoms with Crippen LogP contribution >= 0.6 is 0 Å². The Hall–Kier alpha value is -2.67. The molecule has 0 radical (unpaired) electrons. The first-order chi connectivity index (χ1) is 16.5. The summed E-state index contributed by atoms with van der Waals surface area (Å²) in [4.78, 5) is 2.33. The van der Waals surface area contributed by atoms with E-state index in [-0.39, 0.29) is 0 Å². The molecule has 0 bridgehead atoms. The Bertz CT molecular complexity index is 1020. The summed E-state index contributed by atoms with van der Waals surface area (Å²) in [5.41, 5.74) is 2.93. The predicted molar refractivity (Wildman–Crippen MR) is 134 cm³/mol. The molecule has 1 aromatic heterocycles. The Labute approximate surface area is 203 Å². The molecular weight excluding hydrogens is 426 g/mol. The molecule has 3 aromatic rings. The van der Waals surface area contributed by atoms with Crippen LogP contribution in [0.2, 0.25) is 0 Å². The number of hydrogen-bond donors (Lipinski definition) is 1. The molecule has 1 saturated carbocycles. The van der Waals surface area contributed by atoms with Crippen molar-refractivity contribution in [3.05, 3.63) is 71.9 Å². The van der Waals surface area contributed by atoms with Crippen molar-refractivity contribution in [1.82, 2.24) is 14.7 Å². The molecule has 1 atom stereocenters. The van der Waals surface area contributed by atoms with Crippen LogP contribution in [0.1, 0.15) is 37.9 Å². The average molecular weight is 464 g/mol. The van der Waals surface area contributed by atoms with Crippen LogP contribution in [0.4, 0.5) is 0 Å². The van der Waals surface area contributed by atoms with Crippen LogP contribution in [-0.2, 0) is 11.3 Å². The van der Waals surface area contributed by atoms with Gasteiger partial charge in [-0.2, -0.15) is 5.10 Å². The lowest BCUT2D eigenvalue weighted by atomic mass is 10.2. The number of para-hydroxylation sites is 2. The topological polar surface area (TPSA) is 59.8 Å². The average Bonchev–Trinajstić information content (AvgIpc) is 3.59. The minimum absolute atomic E-state index is 0.356. The molecule has 0 unspecified atom stereocenters. The summed E-state index contributed by atoms with van der Waals surface area (Å²) >= 11 is 0. The molecule has 1 heterocycles. The fourth-order valence-electron chi connectivity index (χ4n) is 4.05. The number of hydrogen-bond acceptors (Lipinski definition) is 5. The summed E-state index contributed by atoms with van der Waals surface area (Å²) in [7, 11) is 0. The Morgan fingerprint density at radius 2 is 1.71 bits per heavy atom. The Kier molecular flexibility index (Phi) is 8.38. The zero-order valence-electron chi connectivity index (χ0n) is 20.6. The molecule has 1 N–H and O–H groups in total. The van der Waals surface area contributed by atoms with Crippen molar-refractivity contribution in [2.75, 3.05) is 26.3 Å². The molecule has 6 nitrogen and oxygen atoms in total. The summed E-state index contributed by atoms with van der Waals surface area (Å²) in [6.45, 7) is 9.48. The van der Waals surface area contributed by atoms with Crippen molar-refractivity contribution in [3.8, 4) is 17.3 Å². The van der Waals surface area contributed by atoms with Gasteiger partial charge < -0.3 is 14.6 Å². The van der Waals surface area contributed by atoms with E-state index >= 15 is 0 Å². The monoisotopic (exact) mass is 463 g/mol. The number of nitrogens with zero attached hydrogens (tertiary/aromatic N) is 3. The lowest BCUT2D eigenvalue weighted by Crippen LogP contribution is -2.36. The van der Waals surface area contributed by atoms with Gasteiger partial charge in [-0.15, -0.1) is 0 Å². The van der Waals surface area contributed by atoms with E-state index in [0.29, 0.717) is 38.1 Å². The van der Waals surface area contributed by atoms with E-state index in [4.69, 9.17) is 14.6 Å². The minimum atomic E-state index is -0.527. The third-order valence-corrected chi connectivity index (χ3v) is 5.92. The normalized spacial score (nSPS) is 14.6. The molecule has 1 fully saturated rings. The zero-order valence-corrected chi connectivity index (χ0v) is 20.6. The van der Waals surface area contributed by atoms with Crippen molar-refractivity contribution >= 4 is 0 Å². The number of rotatable bonds is 13. The van der Waals surface area contributed by atoms with Crippen molar-refractivity contribution in [2.45, 2.75) is 46.3 Å². The first-order valence-electron chi connectivity index (χ1n) is 12.3. The van der Waals surface area contributed by atoms with E-state index in [2.05, 4.69) is 18.7 Å². The van der Waals surface area contributed by atoms with Gasteiger partial charge in [0, 0.05) is 26.2 Å². The second-order valence-electron chi connectivity index (χ2n) is 9.75. The third-order valence-electron chi connectivity index (χ3n) is 5.92. The van der Waals surface area contributed by atoms with Gasteiger partial charge in [-0.3, -0.25) is 4.90 Å². The highest BCUT2D eigenvalue weighted by Gasteiger charge is 2.28. The summed E-state index contributed by atoms with van der Waals surface area (Å²) in [6.07, 6.45) is 1.98. The highest BCUT2D eigenvalue weighted by atomic mass is 16.5. The Morgan fingerprint density at radius 1 is 1.03 bits per heavy atom. The molecule has 0 spiro atoms. The van der Waals surface area contributed by atoms with E-state index in [1.807, 2.05) is 72.3 Å². The standard InChI is InChI=1S/C28H37N3O3/c1-21(2)19-33-20-25(32)17-30(16-23-14-15-23)18-27-22(3)29-31(24-10-6-4-7-11-24)28(27)34-26-12-8-5-9-13-26/h4-13,21,23,25,32H,14-20H2,1-3H3/t25-/m0/s1. The SMILES string of the molecule is Cc1nn(-c2ccccc2)c(Oc2ccccc2)c1CN(CC1CC1)C[C@H](O)COCC(C)C. The van der Waals surface area contributed by atoms with Crippen molar-refractivity contribution in [3.63, 3.8) is 0 Å². The smallest absolute Gasteiger partial charge is 0.227 e. The van der Waals surface area contributed by atoms with Gasteiger partial charge in [0.25, 0.3) is 0 Å². The minimum Gasteiger partial charge on any atom is -0.439 e. The Balaban J connectivity index is 1.58. The van der Waals surface area contributed by atoms with Gasteiger partial charge in [-0.1, -0.05) is 50.2 Å². The van der Waals surface area contributed by atoms with E-state index in [9.17, 15) is 5.11 Å². The first-order valence-corrected chi connectivity index (χ1v) is 12.3. The van der Waals surface area contributed by atoms with E-state index in [0.717, 1.165) is 35.1 Å². The molecule has 0 amide bonds. The highest BCUT2D eigenvalue weighted by molar-refractivity contribution is 5.43. The van der Waals surface area contributed by atoms with Crippen LogP contribution < -0.4 is 4.74 Å². The van der Waals surface area contributed by atoms with Crippen LogP contribution in [0.25, 0.3) is 5.69 Å². The Morgan fingerprint density at radius 3 is 2.35 bits per heavy atom. The molecule has 182 valence electrons. The van der Waals surface area contributed by atoms with Crippen LogP contribution in [0.15, 0.2) is 60.7 Å². The van der Waals surface area contributed by atoms with E-state index in [1.165, 1.54) is 12.8 Å². The van der Waals surface area contributed by atoms with Crippen LogP contribution in [0.5, 0.6) is 11.6 Å². The van der Waals surface area contributed by atoms with E-state index in [1.54, 1.807) is 0 Å². The van der Waals surface area contributed by atoms with Gasteiger partial charge in [-0.05, 0) is 55.9 Å². The molecule has 6 heteroatoms. The molecular formula is C28H37N3O3. The van der Waals surface area contributed by atoms with Gasteiger partial charge in [0.2, 0.25) is 5.88 Å². The quantitative estimate of drug-likeness (QED) is 0.377. The number of aliphatic hydroxyl groups excluding tert-OH is 1. The van der Waals surface area contributed by atoms with Crippen LogP contribution in [0.3, 0.4) is 0 Å². The predicted octanol–water partition coefficient (Wildman–Crippen LogP) is 5.22. The lowest BCUT2D eigenvalue weighted by Gasteiger charge is -2.25. The maximum Gasteiger partial charge on any atom is 0.227 e. The van der Waals surface area contributed by atoms with E-state index < -0.39 is 6.10 Å².